The molecular weight excluding hydrogens is 292 g/mol. The fourth-order valence-corrected chi connectivity index (χ4v) is 3.03. The van der Waals surface area contributed by atoms with Crippen molar-refractivity contribution in [3.63, 3.8) is 0 Å². The van der Waals surface area contributed by atoms with Crippen molar-refractivity contribution in [2.45, 2.75) is 38.1 Å². The van der Waals surface area contributed by atoms with Gasteiger partial charge in [0.05, 0.1) is 12.0 Å². The molecule has 0 bridgehead atoms. The minimum Gasteiger partial charge on any atom is -0.277 e. The zero-order valence-electron chi connectivity index (χ0n) is 12.7. The third-order valence-corrected chi connectivity index (χ3v) is 4.34. The van der Waals surface area contributed by atoms with E-state index in [0.29, 0.717) is 6.42 Å². The Morgan fingerprint density at radius 2 is 1.81 bits per heavy atom. The highest BCUT2D eigenvalue weighted by Gasteiger charge is 2.26. The average Bonchev–Trinajstić information content (AvgIpc) is 2.38. The van der Waals surface area contributed by atoms with Crippen LogP contribution < -0.4 is 10.2 Å². The first-order valence-electron chi connectivity index (χ1n) is 6.68. The van der Waals surface area contributed by atoms with Crippen LogP contribution in [0.5, 0.6) is 0 Å². The van der Waals surface area contributed by atoms with Crippen molar-refractivity contribution in [2.75, 3.05) is 7.11 Å². The van der Waals surface area contributed by atoms with E-state index in [1.54, 1.807) is 12.1 Å². The summed E-state index contributed by atoms with van der Waals surface area (Å²) in [7, 11) is -2.45. The summed E-state index contributed by atoms with van der Waals surface area (Å²) in [6.07, 6.45) is 0.375. The molecule has 1 amide bonds. The fourth-order valence-electron chi connectivity index (χ4n) is 1.82. The first-order chi connectivity index (χ1) is 9.76. The van der Waals surface area contributed by atoms with Crippen LogP contribution in [0.1, 0.15) is 25.8 Å². The Morgan fingerprint density at radius 1 is 1.24 bits per heavy atom. The molecule has 0 spiro atoms. The summed E-state index contributed by atoms with van der Waals surface area (Å²) < 4.78 is 27.0. The monoisotopic (exact) mass is 314 g/mol. The molecule has 0 aliphatic heterocycles. The Bertz CT molecular complexity index is 567. The Kier molecular flexibility index (Phi) is 6.32. The van der Waals surface area contributed by atoms with Gasteiger partial charge in [-0.25, -0.2) is 13.9 Å². The number of benzene rings is 1. The van der Waals surface area contributed by atoms with Gasteiger partial charge in [0.2, 0.25) is 10.0 Å². The summed E-state index contributed by atoms with van der Waals surface area (Å²) in [6.45, 7) is 5.69. The minimum absolute atomic E-state index is 0.132. The van der Waals surface area contributed by atoms with Gasteiger partial charge in [-0.1, -0.05) is 31.5 Å². The van der Waals surface area contributed by atoms with Crippen molar-refractivity contribution >= 4 is 15.9 Å². The van der Waals surface area contributed by atoms with Crippen molar-refractivity contribution < 1.29 is 18.0 Å². The summed E-state index contributed by atoms with van der Waals surface area (Å²) in [5, 5.41) is 0. The van der Waals surface area contributed by atoms with Crippen molar-refractivity contribution in [3.8, 4) is 0 Å². The van der Waals surface area contributed by atoms with Gasteiger partial charge in [0.25, 0.3) is 5.91 Å². The molecule has 0 saturated carbocycles. The van der Waals surface area contributed by atoms with Crippen LogP contribution in [-0.2, 0) is 19.7 Å². The van der Waals surface area contributed by atoms with Crippen LogP contribution in [-0.4, -0.2) is 27.5 Å². The Labute approximate surface area is 125 Å². The van der Waals surface area contributed by atoms with Crippen LogP contribution in [0.15, 0.2) is 29.2 Å². The van der Waals surface area contributed by atoms with Crippen LogP contribution in [0, 0.1) is 12.8 Å². The van der Waals surface area contributed by atoms with Gasteiger partial charge in [-0.3, -0.25) is 9.63 Å². The Morgan fingerprint density at radius 3 is 2.29 bits per heavy atom. The van der Waals surface area contributed by atoms with Crippen LogP contribution in [0.25, 0.3) is 0 Å². The van der Waals surface area contributed by atoms with Gasteiger partial charge in [-0.05, 0) is 31.4 Å². The second-order valence-electron chi connectivity index (χ2n) is 5.29. The standard InChI is InChI=1S/C14H22N2O4S/c1-10(2)9-13(14(17)15-20-4)16-21(18,19)12-7-5-11(3)6-8-12/h5-8,10,13,16H,9H2,1-4H3,(H,15,17). The van der Waals surface area contributed by atoms with Gasteiger partial charge in [-0.2, -0.15) is 4.72 Å². The number of amides is 1. The van der Waals surface area contributed by atoms with E-state index in [1.165, 1.54) is 19.2 Å². The molecule has 1 unspecified atom stereocenters. The maximum Gasteiger partial charge on any atom is 0.261 e. The van der Waals surface area contributed by atoms with Crippen molar-refractivity contribution in [2.24, 2.45) is 5.92 Å². The summed E-state index contributed by atoms with van der Waals surface area (Å²) in [5.41, 5.74) is 3.13. The lowest BCUT2D eigenvalue weighted by Gasteiger charge is -2.19. The van der Waals surface area contributed by atoms with E-state index < -0.39 is 22.0 Å². The number of carbonyl (C=O) groups is 1. The second-order valence-corrected chi connectivity index (χ2v) is 7.00. The summed E-state index contributed by atoms with van der Waals surface area (Å²) in [5.74, 6) is -0.361. The number of hydrogen-bond acceptors (Lipinski definition) is 4. The lowest BCUT2D eigenvalue weighted by atomic mass is 10.0. The molecule has 7 heteroatoms. The molecule has 1 rings (SSSR count). The molecule has 2 N–H and O–H groups in total. The topological polar surface area (TPSA) is 84.5 Å². The predicted octanol–water partition coefficient (Wildman–Crippen LogP) is 1.37. The molecular formula is C14H22N2O4S. The minimum atomic E-state index is -3.75. The molecule has 0 aliphatic rings. The van der Waals surface area contributed by atoms with Gasteiger partial charge in [0.1, 0.15) is 6.04 Å². The third kappa shape index (κ3) is 5.45. The van der Waals surface area contributed by atoms with E-state index in [2.05, 4.69) is 15.0 Å². The molecule has 0 aromatic heterocycles. The molecule has 1 aromatic rings. The second kappa shape index (κ2) is 7.53. The quantitative estimate of drug-likeness (QED) is 0.744. The highest BCUT2D eigenvalue weighted by atomic mass is 32.2. The van der Waals surface area contributed by atoms with Gasteiger partial charge >= 0.3 is 0 Å². The molecule has 0 heterocycles. The SMILES string of the molecule is CONC(=O)C(CC(C)C)NS(=O)(=O)c1ccc(C)cc1. The fraction of sp³-hybridized carbons (Fsp3) is 0.500. The average molecular weight is 314 g/mol. The maximum absolute atomic E-state index is 12.3. The molecule has 0 fully saturated rings. The number of hydroxylamine groups is 1. The smallest absolute Gasteiger partial charge is 0.261 e. The van der Waals surface area contributed by atoms with Crippen molar-refractivity contribution in [1.82, 2.24) is 10.2 Å². The maximum atomic E-state index is 12.3. The molecule has 0 radical (unpaired) electrons. The normalized spacial score (nSPS) is 13.2. The zero-order chi connectivity index (χ0) is 16.0. The van der Waals surface area contributed by atoms with Crippen LogP contribution >= 0.6 is 0 Å². The number of sulfonamides is 1. The van der Waals surface area contributed by atoms with Gasteiger partial charge in [0, 0.05) is 0 Å². The Hall–Kier alpha value is -1.44. The van der Waals surface area contributed by atoms with Gasteiger partial charge < -0.3 is 0 Å². The molecule has 0 aliphatic carbocycles. The van der Waals surface area contributed by atoms with E-state index in [-0.39, 0.29) is 10.8 Å². The first-order valence-corrected chi connectivity index (χ1v) is 8.16. The van der Waals surface area contributed by atoms with Crippen molar-refractivity contribution in [1.29, 1.82) is 0 Å². The molecule has 1 atom stereocenters. The largest absolute Gasteiger partial charge is 0.277 e. The van der Waals surface area contributed by atoms with E-state index in [4.69, 9.17) is 0 Å². The molecule has 21 heavy (non-hydrogen) atoms. The molecule has 118 valence electrons. The highest BCUT2D eigenvalue weighted by molar-refractivity contribution is 7.89. The number of rotatable bonds is 7. The van der Waals surface area contributed by atoms with E-state index in [1.807, 2.05) is 20.8 Å². The number of aryl methyl sites for hydroxylation is 1. The summed E-state index contributed by atoms with van der Waals surface area (Å²) >= 11 is 0. The third-order valence-electron chi connectivity index (χ3n) is 2.85. The van der Waals surface area contributed by atoms with Crippen LogP contribution in [0.2, 0.25) is 0 Å². The Balaban J connectivity index is 2.95. The number of hydrogen-bond donors (Lipinski definition) is 2. The van der Waals surface area contributed by atoms with E-state index in [9.17, 15) is 13.2 Å². The van der Waals surface area contributed by atoms with Crippen LogP contribution in [0.3, 0.4) is 0 Å². The molecule has 0 saturated heterocycles. The highest BCUT2D eigenvalue weighted by Crippen LogP contribution is 2.13. The van der Waals surface area contributed by atoms with Gasteiger partial charge in [-0.15, -0.1) is 0 Å². The van der Waals surface area contributed by atoms with E-state index in [0.717, 1.165) is 5.56 Å². The lowest BCUT2D eigenvalue weighted by molar-refractivity contribution is -0.133. The number of nitrogens with one attached hydrogen (secondary N) is 2. The summed E-state index contributed by atoms with van der Waals surface area (Å²) in [4.78, 5) is 16.6. The molecule has 6 nitrogen and oxygen atoms in total. The van der Waals surface area contributed by atoms with E-state index >= 15 is 0 Å². The lowest BCUT2D eigenvalue weighted by Crippen LogP contribution is -2.47. The molecule has 1 aromatic carbocycles. The van der Waals surface area contributed by atoms with Crippen molar-refractivity contribution in [3.05, 3.63) is 29.8 Å². The zero-order valence-corrected chi connectivity index (χ0v) is 13.5. The van der Waals surface area contributed by atoms with Crippen LogP contribution in [0.4, 0.5) is 0 Å². The summed E-state index contributed by atoms with van der Waals surface area (Å²) in [6, 6.07) is 5.57. The number of carbonyl (C=O) groups excluding carboxylic acids is 1. The van der Waals surface area contributed by atoms with Gasteiger partial charge in [0.15, 0.2) is 0 Å². The first kappa shape index (κ1) is 17.6. The predicted molar refractivity (Wildman–Crippen MR) is 79.9 cm³/mol.